The highest BCUT2D eigenvalue weighted by Crippen LogP contribution is 2.32. The number of hydrogen-bond acceptors (Lipinski definition) is 2. The lowest BCUT2D eigenvalue weighted by molar-refractivity contribution is 0.691. The summed E-state index contributed by atoms with van der Waals surface area (Å²) in [5.74, 6) is 0. The Balaban J connectivity index is 1.94. The standard InChI is InChI=1S/C18H22N2/c1-13-8-9-14(2)15(11-13)12-20-10-4-5-16-17(19)6-3-7-18(16)20/h3,6-9,11H,4-5,10,12,19H2,1-2H3. The molecule has 0 aliphatic carbocycles. The monoisotopic (exact) mass is 266 g/mol. The molecule has 0 fully saturated rings. The molecule has 0 spiro atoms. The van der Waals surface area contributed by atoms with Crippen LogP contribution >= 0.6 is 0 Å². The van der Waals surface area contributed by atoms with Crippen molar-refractivity contribution >= 4 is 11.4 Å². The molecule has 3 rings (SSSR count). The number of nitrogen functional groups attached to an aromatic ring is 1. The number of nitrogens with zero attached hydrogens (tertiary/aromatic N) is 1. The first-order chi connectivity index (χ1) is 9.65. The Bertz CT molecular complexity index is 631. The van der Waals surface area contributed by atoms with E-state index >= 15 is 0 Å². The highest BCUT2D eigenvalue weighted by molar-refractivity contribution is 5.66. The summed E-state index contributed by atoms with van der Waals surface area (Å²) in [5.41, 5.74) is 13.8. The van der Waals surface area contributed by atoms with E-state index in [1.165, 1.54) is 34.4 Å². The second kappa shape index (κ2) is 5.20. The molecule has 1 aliphatic heterocycles. The van der Waals surface area contributed by atoms with Gasteiger partial charge in [-0.1, -0.05) is 29.8 Å². The number of aryl methyl sites for hydroxylation is 2. The van der Waals surface area contributed by atoms with Gasteiger partial charge in [0.15, 0.2) is 0 Å². The molecule has 1 heterocycles. The number of fused-ring (bicyclic) bond motifs is 1. The Morgan fingerprint density at radius 1 is 1.15 bits per heavy atom. The maximum Gasteiger partial charge on any atom is 0.0432 e. The van der Waals surface area contributed by atoms with Crippen molar-refractivity contribution in [2.75, 3.05) is 17.2 Å². The van der Waals surface area contributed by atoms with Crippen molar-refractivity contribution in [3.63, 3.8) is 0 Å². The third kappa shape index (κ3) is 2.38. The van der Waals surface area contributed by atoms with Crippen LogP contribution in [0.3, 0.4) is 0 Å². The maximum atomic E-state index is 6.12. The minimum atomic E-state index is 0.938. The van der Waals surface area contributed by atoms with E-state index in [-0.39, 0.29) is 0 Å². The predicted octanol–water partition coefficient (Wildman–Crippen LogP) is 3.84. The Morgan fingerprint density at radius 3 is 2.85 bits per heavy atom. The molecule has 0 bridgehead atoms. The number of rotatable bonds is 2. The summed E-state index contributed by atoms with van der Waals surface area (Å²) in [6, 6.07) is 13.0. The molecule has 2 aromatic rings. The van der Waals surface area contributed by atoms with E-state index in [4.69, 9.17) is 5.73 Å². The molecule has 2 heteroatoms. The third-order valence-corrected chi connectivity index (χ3v) is 4.25. The van der Waals surface area contributed by atoms with Crippen LogP contribution in [-0.2, 0) is 13.0 Å². The topological polar surface area (TPSA) is 29.3 Å². The van der Waals surface area contributed by atoms with E-state index < -0.39 is 0 Å². The van der Waals surface area contributed by atoms with E-state index in [9.17, 15) is 0 Å². The third-order valence-electron chi connectivity index (χ3n) is 4.25. The number of anilines is 2. The molecule has 0 saturated carbocycles. The van der Waals surface area contributed by atoms with Crippen LogP contribution in [0.1, 0.15) is 28.7 Å². The number of nitrogens with two attached hydrogens (primary N) is 1. The van der Waals surface area contributed by atoms with Gasteiger partial charge in [0, 0.05) is 24.5 Å². The molecule has 0 amide bonds. The second-order valence-corrected chi connectivity index (χ2v) is 5.80. The van der Waals surface area contributed by atoms with Crippen LogP contribution in [0.5, 0.6) is 0 Å². The largest absolute Gasteiger partial charge is 0.398 e. The van der Waals surface area contributed by atoms with Gasteiger partial charge in [-0.25, -0.2) is 0 Å². The number of hydrogen-bond donors (Lipinski definition) is 1. The van der Waals surface area contributed by atoms with Crippen molar-refractivity contribution in [2.45, 2.75) is 33.2 Å². The van der Waals surface area contributed by atoms with Gasteiger partial charge < -0.3 is 10.6 Å². The van der Waals surface area contributed by atoms with Crippen LogP contribution in [0.15, 0.2) is 36.4 Å². The zero-order chi connectivity index (χ0) is 14.1. The fourth-order valence-electron chi connectivity index (χ4n) is 3.07. The summed E-state index contributed by atoms with van der Waals surface area (Å²) < 4.78 is 0. The van der Waals surface area contributed by atoms with Crippen molar-refractivity contribution in [1.82, 2.24) is 0 Å². The lowest BCUT2D eigenvalue weighted by Gasteiger charge is -2.32. The minimum Gasteiger partial charge on any atom is -0.398 e. The highest BCUT2D eigenvalue weighted by Gasteiger charge is 2.19. The lowest BCUT2D eigenvalue weighted by atomic mass is 9.98. The van der Waals surface area contributed by atoms with E-state index in [0.29, 0.717) is 0 Å². The first-order valence-electron chi connectivity index (χ1n) is 7.33. The predicted molar refractivity (Wildman–Crippen MR) is 86.1 cm³/mol. The summed E-state index contributed by atoms with van der Waals surface area (Å²) in [7, 11) is 0. The zero-order valence-corrected chi connectivity index (χ0v) is 12.3. The molecule has 2 aromatic carbocycles. The van der Waals surface area contributed by atoms with Gasteiger partial charge in [-0.15, -0.1) is 0 Å². The minimum absolute atomic E-state index is 0.938. The number of benzene rings is 2. The Labute approximate surface area is 121 Å². The van der Waals surface area contributed by atoms with Gasteiger partial charge >= 0.3 is 0 Å². The smallest absolute Gasteiger partial charge is 0.0432 e. The van der Waals surface area contributed by atoms with E-state index in [2.05, 4.69) is 49.1 Å². The molecule has 104 valence electrons. The summed E-state index contributed by atoms with van der Waals surface area (Å²) in [6.07, 6.45) is 2.29. The molecule has 0 radical (unpaired) electrons. The van der Waals surface area contributed by atoms with Crippen LogP contribution in [-0.4, -0.2) is 6.54 Å². The summed E-state index contributed by atoms with van der Waals surface area (Å²) >= 11 is 0. The average Bonchev–Trinajstić information content (AvgIpc) is 2.44. The van der Waals surface area contributed by atoms with Gasteiger partial charge in [0.2, 0.25) is 0 Å². The zero-order valence-electron chi connectivity index (χ0n) is 12.3. The molecule has 0 saturated heterocycles. The fraction of sp³-hybridized carbons (Fsp3) is 0.333. The van der Waals surface area contributed by atoms with Gasteiger partial charge in [0.1, 0.15) is 0 Å². The van der Waals surface area contributed by atoms with Gasteiger partial charge in [-0.05, 0) is 55.5 Å². The van der Waals surface area contributed by atoms with E-state index in [1.807, 2.05) is 6.07 Å². The Kier molecular flexibility index (Phi) is 3.39. The van der Waals surface area contributed by atoms with Crippen molar-refractivity contribution in [2.24, 2.45) is 0 Å². The van der Waals surface area contributed by atoms with Crippen LogP contribution in [0.25, 0.3) is 0 Å². The van der Waals surface area contributed by atoms with Gasteiger partial charge in [-0.3, -0.25) is 0 Å². The van der Waals surface area contributed by atoms with Crippen molar-refractivity contribution in [1.29, 1.82) is 0 Å². The Hall–Kier alpha value is -1.96. The Morgan fingerprint density at radius 2 is 2.00 bits per heavy atom. The quantitative estimate of drug-likeness (QED) is 0.837. The SMILES string of the molecule is Cc1ccc(C)c(CN2CCCc3c(N)cccc32)c1. The second-order valence-electron chi connectivity index (χ2n) is 5.80. The van der Waals surface area contributed by atoms with E-state index in [1.54, 1.807) is 0 Å². The maximum absolute atomic E-state index is 6.12. The van der Waals surface area contributed by atoms with Crippen LogP contribution in [0.4, 0.5) is 11.4 Å². The highest BCUT2D eigenvalue weighted by atomic mass is 15.1. The lowest BCUT2D eigenvalue weighted by Crippen LogP contribution is -2.29. The molecular weight excluding hydrogens is 244 g/mol. The van der Waals surface area contributed by atoms with Crippen molar-refractivity contribution in [3.05, 3.63) is 58.7 Å². The molecule has 0 unspecified atom stereocenters. The summed E-state index contributed by atoms with van der Waals surface area (Å²) in [4.78, 5) is 2.47. The molecule has 0 atom stereocenters. The molecule has 0 aromatic heterocycles. The normalized spacial score (nSPS) is 14.2. The average molecular weight is 266 g/mol. The molecular formula is C18H22N2. The summed E-state index contributed by atoms with van der Waals surface area (Å²) in [5, 5.41) is 0. The first kappa shape index (κ1) is 13.0. The first-order valence-corrected chi connectivity index (χ1v) is 7.33. The van der Waals surface area contributed by atoms with Crippen molar-refractivity contribution in [3.8, 4) is 0 Å². The van der Waals surface area contributed by atoms with Crippen LogP contribution < -0.4 is 10.6 Å². The molecule has 2 nitrogen and oxygen atoms in total. The van der Waals surface area contributed by atoms with Gasteiger partial charge in [0.05, 0.1) is 0 Å². The molecule has 2 N–H and O–H groups in total. The van der Waals surface area contributed by atoms with E-state index in [0.717, 1.165) is 25.2 Å². The van der Waals surface area contributed by atoms with Crippen LogP contribution in [0.2, 0.25) is 0 Å². The fourth-order valence-corrected chi connectivity index (χ4v) is 3.07. The molecule has 20 heavy (non-hydrogen) atoms. The summed E-state index contributed by atoms with van der Waals surface area (Å²) in [6.45, 7) is 6.44. The van der Waals surface area contributed by atoms with Gasteiger partial charge in [-0.2, -0.15) is 0 Å². The molecule has 1 aliphatic rings. The van der Waals surface area contributed by atoms with Gasteiger partial charge in [0.25, 0.3) is 0 Å². The van der Waals surface area contributed by atoms with Crippen molar-refractivity contribution < 1.29 is 0 Å². The van der Waals surface area contributed by atoms with Crippen LogP contribution in [0, 0.1) is 13.8 Å².